The van der Waals surface area contributed by atoms with Crippen LogP contribution >= 0.6 is 0 Å². The van der Waals surface area contributed by atoms with Crippen LogP contribution in [0.3, 0.4) is 0 Å². The molecule has 12 aromatic carbocycles. The molecule has 0 amide bonds. The van der Waals surface area contributed by atoms with Crippen LogP contribution in [0.15, 0.2) is 260 Å². The molecule has 2 saturated carbocycles. The molecule has 2 fully saturated rings. The standard InChI is InChI=1S/C34H33N2O.C33H31N2O.C33H33N2O.C32H31N2O/c1-21-16-17-26-27-18-19-29(35-4)32(25-14-10-7-11-15-25)34(27)37-33(26)31(21)30-20-28(22(2)23(3)36(30)5)24-12-8-6-9-13-24;1-20-15-16-25-26-17-18-28(34-4)31(24-13-7-6-8-14-24)33(26)36-32(25)30(20)29-19-27(23-11-9-10-12-23)21(2)22(3)35(29)5;1-20-14-15-25-26-16-17-27(34-7)30(23-12-10-9-11-13-23)32(26)36-31(25)29(20)28-18-24(19-33(4,5)6)21(2)22(3)35(28)8;1-19(2)17-24-18-28(34(7)22(5)21(24)4)29-20(3)13-14-25-26-15-16-27(33-6)30(32(26)35-31(25)29)23-11-9-8-10-12-23/h7,10-11,14-20,24H,6,8-9,12-13H2,1-3,5H3;6-8,13-19,23H,9-12H2,1-3,5H3;9-18H,19H2,1-6,8H3;8-16,18-19H,17H2,1-5,7H3/q4*+1/i2D3,20D,24D;2D3,19D,23D;2D3,18D,19D2;4D3,17D2,18D. The van der Waals surface area contributed by atoms with E-state index in [1.165, 1.54) is 0 Å². The van der Waals surface area contributed by atoms with Gasteiger partial charge in [0.15, 0.2) is 45.5 Å². The first kappa shape index (κ1) is 73.5. The van der Waals surface area contributed by atoms with Crippen molar-refractivity contribution in [3.8, 4) is 89.5 Å². The predicted octanol–water partition coefficient (Wildman–Crippen LogP) is 35.4. The summed E-state index contributed by atoms with van der Waals surface area (Å²) in [7, 11) is 7.01. The van der Waals surface area contributed by atoms with E-state index in [1.807, 2.05) is 234 Å². The van der Waals surface area contributed by atoms with Crippen molar-refractivity contribution in [1.82, 2.24) is 0 Å². The van der Waals surface area contributed by atoms with Gasteiger partial charge in [0.05, 0.1) is 54.0 Å². The zero-order chi connectivity index (χ0) is 120. The zero-order valence-corrected chi connectivity index (χ0v) is 84.4. The number of fused-ring (bicyclic) bond motifs is 12. The van der Waals surface area contributed by atoms with Crippen molar-refractivity contribution in [2.45, 2.75) is 200 Å². The summed E-state index contributed by atoms with van der Waals surface area (Å²) in [5.41, 5.74) is 21.5. The van der Waals surface area contributed by atoms with Crippen molar-refractivity contribution in [1.29, 1.82) is 0 Å². The van der Waals surface area contributed by atoms with E-state index in [9.17, 15) is 8.22 Å². The number of aryl methyl sites for hydroxylation is 4. The number of furan rings is 4. The average molecular weight is 1910 g/mol. The molecule has 0 aliphatic heterocycles. The molecule has 0 bridgehead atoms. The first-order valence-corrected chi connectivity index (χ1v) is 49.0. The van der Waals surface area contributed by atoms with Crippen LogP contribution in [0.2, 0.25) is 0 Å². The largest absolute Gasteiger partial charge is 0.456 e. The molecule has 8 aromatic heterocycles. The normalized spacial score (nSPS) is 16.2. The second-order valence-electron chi connectivity index (χ2n) is 39.3. The first-order valence-electron chi connectivity index (χ1n) is 60.0. The van der Waals surface area contributed by atoms with Gasteiger partial charge in [0, 0.05) is 164 Å². The Labute approximate surface area is 878 Å². The summed E-state index contributed by atoms with van der Waals surface area (Å²) >= 11 is 0. The van der Waals surface area contributed by atoms with Gasteiger partial charge in [-0.05, 0) is 183 Å². The van der Waals surface area contributed by atoms with Gasteiger partial charge in [-0.2, -0.15) is 18.3 Å². The number of hydrogen-bond donors (Lipinski definition) is 0. The third kappa shape index (κ3) is 17.6. The van der Waals surface area contributed by atoms with Gasteiger partial charge in [0.1, 0.15) is 72.9 Å². The fourth-order valence-electron chi connectivity index (χ4n) is 20.8. The van der Waals surface area contributed by atoms with Crippen LogP contribution in [0, 0.1) is 120 Å². The van der Waals surface area contributed by atoms with E-state index in [-0.39, 0.29) is 57.6 Å². The van der Waals surface area contributed by atoms with Crippen LogP contribution in [-0.2, 0) is 40.9 Å². The van der Waals surface area contributed by atoms with Crippen molar-refractivity contribution in [2.24, 2.45) is 39.5 Å². The molecule has 0 spiro atoms. The summed E-state index contributed by atoms with van der Waals surface area (Å²) in [6.45, 7) is 44.2. The lowest BCUT2D eigenvalue weighted by molar-refractivity contribution is -0.667. The van der Waals surface area contributed by atoms with Crippen molar-refractivity contribution in [3.63, 3.8) is 0 Å². The lowest BCUT2D eigenvalue weighted by Crippen LogP contribution is -2.36. The molecule has 0 atom stereocenters. The highest BCUT2D eigenvalue weighted by Crippen LogP contribution is 2.52. The molecule has 20 aromatic rings. The maximum Gasteiger partial charge on any atom is 0.216 e. The molecule has 0 saturated heterocycles. The Morgan fingerprint density at radius 2 is 0.562 bits per heavy atom. The fraction of sp³-hybridized carbons (Fsp3) is 0.273. The van der Waals surface area contributed by atoms with Crippen molar-refractivity contribution >= 4 is 111 Å². The van der Waals surface area contributed by atoms with Gasteiger partial charge in [-0.3, -0.25) is 0 Å². The fourth-order valence-corrected chi connectivity index (χ4v) is 20.8. The molecule has 0 unspecified atom stereocenters. The molecule has 22 rings (SSSR count). The van der Waals surface area contributed by atoms with Gasteiger partial charge in [-0.15, -0.1) is 0 Å². The molecule has 716 valence electrons. The number of nitrogens with zero attached hydrogens (tertiary/aromatic N) is 8. The molecule has 12 heteroatoms. The lowest BCUT2D eigenvalue weighted by Gasteiger charge is -2.24. The van der Waals surface area contributed by atoms with E-state index < -0.39 is 63.3 Å². The molecule has 0 radical (unpaired) electrons. The van der Waals surface area contributed by atoms with Crippen LogP contribution in [0.25, 0.3) is 197 Å². The van der Waals surface area contributed by atoms with Crippen molar-refractivity contribution in [3.05, 3.63) is 378 Å². The second-order valence-corrected chi connectivity index (χ2v) is 39.3. The average Bonchev–Trinajstić information content (AvgIpc) is 1.00. The summed E-state index contributed by atoms with van der Waals surface area (Å²) < 4.78 is 227. The third-order valence-corrected chi connectivity index (χ3v) is 28.7. The van der Waals surface area contributed by atoms with Crippen LogP contribution in [0.1, 0.15) is 224 Å². The van der Waals surface area contributed by atoms with Gasteiger partial charge in [0.25, 0.3) is 0 Å². The predicted molar refractivity (Wildman–Crippen MR) is 594 cm³/mol. The quantitative estimate of drug-likeness (QED) is 0.0850. The van der Waals surface area contributed by atoms with Crippen LogP contribution in [0.4, 0.5) is 22.7 Å². The summed E-state index contributed by atoms with van der Waals surface area (Å²) in [6, 6.07) is 69.0. The van der Waals surface area contributed by atoms with E-state index in [1.54, 1.807) is 121 Å². The zero-order valence-electron chi connectivity index (χ0n) is 106. The summed E-state index contributed by atoms with van der Waals surface area (Å²) in [5.74, 6) is -2.85. The van der Waals surface area contributed by atoms with Crippen LogP contribution in [-0.4, -0.2) is 0 Å². The number of pyridine rings is 4. The number of rotatable bonds is 13. The molecule has 8 heterocycles. The molecule has 0 N–H and O–H groups in total. The number of hydrogen-bond acceptors (Lipinski definition) is 4. The SMILES string of the molecule is [2H]c1c(C([2H])([2H])C(C)(C)C)c(C([2H])([2H])[2H])c(C)[n+](C)c1-c1c(C)ccc2c1oc1c(-c3ccccc3)c([N+]#[C-])ccc12.[2H]c1c(C([2H])([2H])C(C)C)c(C([2H])([2H])[2H])c(C)[n+](C)c1-c1c(C)ccc2c1oc1c(-c3ccccc3)c([N+]#[C-])ccc12.[2H]c1c(C2([2H])CCCC2)c(C([2H])([2H])[2H])c(C)[n+](C)c1-c1c(C)ccc2c1oc1c(-c3ccccc3)c([N+]#[C-])ccc12.[2H]c1c(C2([2H])CCCCC2)c(C([2H])([2H])[2H])c(C)[n+](C)c1-c1c(C)ccc2c1oc1c(-c3ccccc3)c([N+]#[C-])ccc12. The smallest absolute Gasteiger partial charge is 0.216 e. The molecule has 12 nitrogen and oxygen atoms in total. The van der Waals surface area contributed by atoms with E-state index >= 15 is 0 Å². The van der Waals surface area contributed by atoms with Gasteiger partial charge < -0.3 is 17.7 Å². The van der Waals surface area contributed by atoms with E-state index in [0.717, 1.165) is 131 Å². The Morgan fingerprint density at radius 3 is 0.819 bits per heavy atom. The molecule has 2 aliphatic carbocycles. The van der Waals surface area contributed by atoms with Gasteiger partial charge >= 0.3 is 0 Å². The second kappa shape index (κ2) is 39.7. The maximum atomic E-state index is 9.58. The summed E-state index contributed by atoms with van der Waals surface area (Å²) in [6.07, 6.45) is 2.26. The monoisotopic (exact) mass is 1910 g/mol. The van der Waals surface area contributed by atoms with Gasteiger partial charge in [-0.25, -0.2) is 19.4 Å². The third-order valence-electron chi connectivity index (χ3n) is 28.7. The highest BCUT2D eigenvalue weighted by Gasteiger charge is 2.36. The van der Waals surface area contributed by atoms with Gasteiger partial charge in [-0.1, -0.05) is 285 Å². The van der Waals surface area contributed by atoms with E-state index in [4.69, 9.17) is 65.9 Å². The Kier molecular flexibility index (Phi) is 20.3. The Morgan fingerprint density at radius 1 is 0.326 bits per heavy atom. The number of benzene rings is 12. The highest BCUT2D eigenvalue weighted by molar-refractivity contribution is 6.19. The Bertz CT molecular complexity index is 9580. The van der Waals surface area contributed by atoms with Crippen LogP contribution < -0.4 is 18.3 Å². The van der Waals surface area contributed by atoms with Crippen molar-refractivity contribution < 1.29 is 66.1 Å². The molecule has 144 heavy (non-hydrogen) atoms. The van der Waals surface area contributed by atoms with Crippen LogP contribution in [0.5, 0.6) is 0 Å². The minimum absolute atomic E-state index is 0.0716. The maximum absolute atomic E-state index is 9.58. The minimum Gasteiger partial charge on any atom is -0.456 e. The summed E-state index contributed by atoms with van der Waals surface area (Å²) in [4.78, 5) is 15.1. The topological polar surface area (TPSA) is 85.5 Å². The molecule has 2 aliphatic rings. The highest BCUT2D eigenvalue weighted by atomic mass is 16.3. The Balaban J connectivity index is 0.000000136. The number of aromatic nitrogens is 4. The van der Waals surface area contributed by atoms with E-state index in [0.29, 0.717) is 183 Å². The van der Waals surface area contributed by atoms with Crippen molar-refractivity contribution in [2.75, 3.05) is 0 Å². The van der Waals surface area contributed by atoms with Gasteiger partial charge in [0.2, 0.25) is 22.8 Å². The minimum atomic E-state index is -2.63. The molecular weight excluding hydrogens is 1760 g/mol. The molecular formula is C132H128N8O4+4. The Hall–Kier alpha value is -15.6. The van der Waals surface area contributed by atoms with E-state index in [2.05, 4.69) is 19.4 Å². The first-order chi connectivity index (χ1) is 78.2. The lowest BCUT2D eigenvalue weighted by atomic mass is 9.81. The summed E-state index contributed by atoms with van der Waals surface area (Å²) in [5, 5.41) is 6.65.